The van der Waals surface area contributed by atoms with E-state index in [9.17, 15) is 9.18 Å². The van der Waals surface area contributed by atoms with Crippen molar-refractivity contribution in [3.05, 3.63) is 71.0 Å². The number of carbonyl (C=O) groups excluding carboxylic acids is 1. The molecule has 0 fully saturated rings. The quantitative estimate of drug-likeness (QED) is 0.572. The van der Waals surface area contributed by atoms with E-state index in [1.807, 2.05) is 25.2 Å². The summed E-state index contributed by atoms with van der Waals surface area (Å²) < 4.78 is 13.1. The van der Waals surface area contributed by atoms with Crippen molar-refractivity contribution in [1.82, 2.24) is 0 Å². The van der Waals surface area contributed by atoms with Gasteiger partial charge in [0.2, 0.25) is 0 Å². The molecule has 4 heteroatoms. The summed E-state index contributed by atoms with van der Waals surface area (Å²) in [4.78, 5) is 12.5. The van der Waals surface area contributed by atoms with Gasteiger partial charge in [-0.3, -0.25) is 4.79 Å². The molecule has 0 aromatic heterocycles. The van der Waals surface area contributed by atoms with Crippen molar-refractivity contribution in [3.63, 3.8) is 0 Å². The molecule has 1 aliphatic carbocycles. The second-order valence-corrected chi connectivity index (χ2v) is 5.70. The Bertz CT molecular complexity index is 991. The highest BCUT2D eigenvalue weighted by atomic mass is 19.1. The fourth-order valence-corrected chi connectivity index (χ4v) is 3.11. The Morgan fingerprint density at radius 1 is 1.00 bits per heavy atom. The Kier molecular flexibility index (Phi) is 3.31. The molecule has 24 heavy (non-hydrogen) atoms. The number of benzene rings is 3. The van der Waals surface area contributed by atoms with Gasteiger partial charge in [0.15, 0.2) is 0 Å². The van der Waals surface area contributed by atoms with Crippen LogP contribution in [0.3, 0.4) is 0 Å². The molecule has 118 valence electrons. The lowest BCUT2D eigenvalue weighted by molar-refractivity contribution is 0.102. The van der Waals surface area contributed by atoms with Crippen LogP contribution >= 0.6 is 0 Å². The van der Waals surface area contributed by atoms with Gasteiger partial charge in [-0.05, 0) is 46.8 Å². The molecule has 0 atom stereocenters. The molecule has 0 saturated carbocycles. The van der Waals surface area contributed by atoms with Gasteiger partial charge in [0.1, 0.15) is 5.82 Å². The standard InChI is InChI=1S/C20H15FN2O/c1-22-17-11-14-6-5-12-3-2-4-16(18(12)14)19(17)23-20(24)13-7-9-15(21)10-8-13/h2-11,22H,1H3,(H,23,24). The van der Waals surface area contributed by atoms with Crippen LogP contribution in [0.25, 0.3) is 22.9 Å². The fourth-order valence-electron chi connectivity index (χ4n) is 3.11. The lowest BCUT2D eigenvalue weighted by atomic mass is 10.0. The molecule has 1 aliphatic rings. The van der Waals surface area contributed by atoms with Crippen molar-refractivity contribution in [1.29, 1.82) is 0 Å². The molecule has 3 aromatic carbocycles. The van der Waals surface area contributed by atoms with Gasteiger partial charge in [-0.25, -0.2) is 4.39 Å². The van der Waals surface area contributed by atoms with Crippen molar-refractivity contribution in [2.75, 3.05) is 17.7 Å². The van der Waals surface area contributed by atoms with E-state index in [0.29, 0.717) is 5.56 Å². The molecule has 0 radical (unpaired) electrons. The summed E-state index contributed by atoms with van der Waals surface area (Å²) in [7, 11) is 1.82. The van der Waals surface area contributed by atoms with Crippen molar-refractivity contribution in [2.45, 2.75) is 0 Å². The molecule has 0 saturated heterocycles. The van der Waals surface area contributed by atoms with E-state index in [1.165, 1.54) is 24.3 Å². The van der Waals surface area contributed by atoms with E-state index in [0.717, 1.165) is 33.3 Å². The summed E-state index contributed by atoms with van der Waals surface area (Å²) in [5.41, 5.74) is 4.26. The Morgan fingerprint density at radius 3 is 2.50 bits per heavy atom. The Hall–Kier alpha value is -3.14. The zero-order valence-electron chi connectivity index (χ0n) is 13.1. The van der Waals surface area contributed by atoms with Gasteiger partial charge >= 0.3 is 0 Å². The van der Waals surface area contributed by atoms with Crippen LogP contribution in [0.15, 0.2) is 48.5 Å². The van der Waals surface area contributed by atoms with Crippen LogP contribution in [-0.4, -0.2) is 13.0 Å². The first-order valence-corrected chi connectivity index (χ1v) is 7.70. The van der Waals surface area contributed by atoms with Crippen LogP contribution in [-0.2, 0) is 0 Å². The normalized spacial score (nSPS) is 11.8. The third-order valence-corrected chi connectivity index (χ3v) is 4.28. The Balaban J connectivity index is 1.82. The summed E-state index contributed by atoms with van der Waals surface area (Å²) in [6.07, 6.45) is 4.15. The summed E-state index contributed by atoms with van der Waals surface area (Å²) >= 11 is 0. The van der Waals surface area contributed by atoms with E-state index in [4.69, 9.17) is 0 Å². The van der Waals surface area contributed by atoms with Crippen LogP contribution in [0.1, 0.15) is 21.5 Å². The van der Waals surface area contributed by atoms with Gasteiger partial charge in [0.25, 0.3) is 5.91 Å². The van der Waals surface area contributed by atoms with Crippen LogP contribution in [0, 0.1) is 5.82 Å². The van der Waals surface area contributed by atoms with Crippen molar-refractivity contribution in [2.24, 2.45) is 0 Å². The van der Waals surface area contributed by atoms with Gasteiger partial charge in [-0.2, -0.15) is 0 Å². The van der Waals surface area contributed by atoms with Gasteiger partial charge in [-0.1, -0.05) is 30.4 Å². The average molecular weight is 318 g/mol. The van der Waals surface area contributed by atoms with Crippen LogP contribution < -0.4 is 10.6 Å². The maximum Gasteiger partial charge on any atom is 0.255 e. The summed E-state index contributed by atoms with van der Waals surface area (Å²) in [6.45, 7) is 0. The second-order valence-electron chi connectivity index (χ2n) is 5.70. The zero-order valence-corrected chi connectivity index (χ0v) is 13.1. The minimum absolute atomic E-state index is 0.266. The van der Waals surface area contributed by atoms with Crippen molar-refractivity contribution < 1.29 is 9.18 Å². The number of hydrogen-bond donors (Lipinski definition) is 2. The number of anilines is 2. The van der Waals surface area contributed by atoms with E-state index >= 15 is 0 Å². The predicted octanol–water partition coefficient (Wildman–Crippen LogP) is 4.76. The van der Waals surface area contributed by atoms with E-state index in [2.05, 4.69) is 28.9 Å². The molecule has 0 aliphatic heterocycles. The highest BCUT2D eigenvalue weighted by molar-refractivity contribution is 6.17. The monoisotopic (exact) mass is 318 g/mol. The van der Waals surface area contributed by atoms with Crippen molar-refractivity contribution >= 4 is 40.2 Å². The largest absolute Gasteiger partial charge is 0.386 e. The van der Waals surface area contributed by atoms with Gasteiger partial charge in [-0.15, -0.1) is 0 Å². The number of amides is 1. The predicted molar refractivity (Wildman–Crippen MR) is 96.8 cm³/mol. The third-order valence-electron chi connectivity index (χ3n) is 4.28. The number of nitrogens with one attached hydrogen (secondary N) is 2. The molecule has 0 unspecified atom stereocenters. The van der Waals surface area contributed by atoms with Crippen LogP contribution in [0.2, 0.25) is 0 Å². The van der Waals surface area contributed by atoms with Gasteiger partial charge < -0.3 is 10.6 Å². The van der Waals surface area contributed by atoms with Crippen LogP contribution in [0.5, 0.6) is 0 Å². The number of halogens is 1. The number of rotatable bonds is 3. The SMILES string of the molecule is CNc1cc2c3c(cccc3c1NC(=O)c1ccc(F)cc1)C=C2. The topological polar surface area (TPSA) is 41.1 Å². The highest BCUT2D eigenvalue weighted by Gasteiger charge is 2.17. The maximum absolute atomic E-state index is 13.1. The van der Waals surface area contributed by atoms with E-state index in [-0.39, 0.29) is 11.7 Å². The first-order chi connectivity index (χ1) is 11.7. The highest BCUT2D eigenvalue weighted by Crippen LogP contribution is 2.40. The molecule has 0 spiro atoms. The Morgan fingerprint density at radius 2 is 1.75 bits per heavy atom. The van der Waals surface area contributed by atoms with E-state index < -0.39 is 0 Å². The zero-order chi connectivity index (χ0) is 16.7. The fraction of sp³-hybridized carbons (Fsp3) is 0.0500. The van der Waals surface area contributed by atoms with Crippen molar-refractivity contribution in [3.8, 4) is 0 Å². The smallest absolute Gasteiger partial charge is 0.255 e. The molecule has 2 N–H and O–H groups in total. The van der Waals surface area contributed by atoms with Gasteiger partial charge in [0, 0.05) is 18.0 Å². The summed E-state index contributed by atoms with van der Waals surface area (Å²) in [5.74, 6) is -0.628. The molecular formula is C20H15FN2O. The Labute approximate surface area is 138 Å². The minimum atomic E-state index is -0.362. The lowest BCUT2D eigenvalue weighted by Crippen LogP contribution is -2.13. The molecule has 1 amide bonds. The third kappa shape index (κ3) is 2.24. The second kappa shape index (κ2) is 5.49. The molecular weight excluding hydrogens is 303 g/mol. The summed E-state index contributed by atoms with van der Waals surface area (Å²) in [6, 6.07) is 13.6. The minimum Gasteiger partial charge on any atom is -0.386 e. The maximum atomic E-state index is 13.1. The molecule has 0 bridgehead atoms. The number of hydrogen-bond acceptors (Lipinski definition) is 2. The first kappa shape index (κ1) is 14.5. The summed E-state index contributed by atoms with van der Waals surface area (Å²) in [5, 5.41) is 8.23. The lowest BCUT2D eigenvalue weighted by Gasteiger charge is -2.16. The average Bonchev–Trinajstić information content (AvgIpc) is 3.02. The molecule has 4 rings (SSSR count). The van der Waals surface area contributed by atoms with Gasteiger partial charge in [0.05, 0.1) is 11.4 Å². The van der Waals surface area contributed by atoms with Crippen LogP contribution in [0.4, 0.5) is 15.8 Å². The first-order valence-electron chi connectivity index (χ1n) is 7.70. The molecule has 3 aromatic rings. The van der Waals surface area contributed by atoms with E-state index in [1.54, 1.807) is 0 Å². The number of carbonyl (C=O) groups is 1. The molecule has 3 nitrogen and oxygen atoms in total. The molecule has 0 heterocycles.